The van der Waals surface area contributed by atoms with Crippen molar-refractivity contribution in [1.82, 2.24) is 5.43 Å². The first-order valence-corrected chi connectivity index (χ1v) is 6.33. The van der Waals surface area contributed by atoms with Gasteiger partial charge in [0.15, 0.2) is 0 Å². The molecule has 0 aliphatic rings. The molecule has 2 unspecified atom stereocenters. The zero-order valence-electron chi connectivity index (χ0n) is 11.1. The summed E-state index contributed by atoms with van der Waals surface area (Å²) in [5.41, 5.74) is 4.09. The van der Waals surface area contributed by atoms with Crippen molar-refractivity contribution in [1.29, 1.82) is 0 Å². The van der Waals surface area contributed by atoms with Crippen LogP contribution in [0.2, 0.25) is 0 Å². The van der Waals surface area contributed by atoms with Gasteiger partial charge in [-0.1, -0.05) is 32.4 Å². The fraction of sp³-hybridized carbons (Fsp3) is 0.571. The molecule has 0 fully saturated rings. The Morgan fingerprint density at radius 3 is 2.76 bits per heavy atom. The second-order valence-electron chi connectivity index (χ2n) is 4.61. The molecule has 0 saturated heterocycles. The molecule has 0 aliphatic heterocycles. The Labute approximate surface area is 104 Å². The van der Waals surface area contributed by atoms with Gasteiger partial charge in [-0.15, -0.1) is 0 Å². The number of benzene rings is 1. The van der Waals surface area contributed by atoms with E-state index in [1.165, 1.54) is 5.56 Å². The van der Waals surface area contributed by atoms with Crippen molar-refractivity contribution >= 4 is 0 Å². The summed E-state index contributed by atoms with van der Waals surface area (Å²) in [6.07, 6.45) is 2.05. The van der Waals surface area contributed by atoms with E-state index in [9.17, 15) is 0 Å². The second kappa shape index (κ2) is 7.30. The lowest BCUT2D eigenvalue weighted by Gasteiger charge is -2.22. The topological polar surface area (TPSA) is 47.3 Å². The van der Waals surface area contributed by atoms with Crippen LogP contribution in [0.1, 0.15) is 32.3 Å². The Balaban J connectivity index is 2.36. The maximum Gasteiger partial charge on any atom is 0.119 e. The molecule has 3 heteroatoms. The van der Waals surface area contributed by atoms with Crippen molar-refractivity contribution in [2.45, 2.75) is 39.7 Å². The van der Waals surface area contributed by atoms with Crippen LogP contribution < -0.4 is 16.0 Å². The molecule has 0 aromatic heterocycles. The summed E-state index contributed by atoms with van der Waals surface area (Å²) in [5, 5.41) is 0. The van der Waals surface area contributed by atoms with E-state index in [4.69, 9.17) is 10.6 Å². The first-order chi connectivity index (χ1) is 8.17. The van der Waals surface area contributed by atoms with Gasteiger partial charge in [0.1, 0.15) is 5.75 Å². The van der Waals surface area contributed by atoms with Crippen LogP contribution in [0, 0.1) is 12.8 Å². The van der Waals surface area contributed by atoms with Crippen LogP contribution in [0.25, 0.3) is 0 Å². The normalized spacial score (nSPS) is 14.4. The zero-order valence-corrected chi connectivity index (χ0v) is 11.1. The summed E-state index contributed by atoms with van der Waals surface area (Å²) in [5.74, 6) is 7.05. The number of nitrogens with two attached hydrogens (primary N) is 1. The molecule has 0 radical (unpaired) electrons. The summed E-state index contributed by atoms with van der Waals surface area (Å²) in [6.45, 7) is 7.15. The Kier molecular flexibility index (Phi) is 6.01. The highest BCUT2D eigenvalue weighted by Gasteiger charge is 2.13. The first-order valence-electron chi connectivity index (χ1n) is 6.33. The van der Waals surface area contributed by atoms with Gasteiger partial charge in [0.2, 0.25) is 0 Å². The maximum atomic E-state index is 5.72. The van der Waals surface area contributed by atoms with Gasteiger partial charge in [0.25, 0.3) is 0 Å². The fourth-order valence-corrected chi connectivity index (χ4v) is 1.83. The maximum absolute atomic E-state index is 5.72. The quantitative estimate of drug-likeness (QED) is 0.565. The third-order valence-corrected chi connectivity index (χ3v) is 3.23. The summed E-state index contributed by atoms with van der Waals surface area (Å²) < 4.78 is 5.72. The fourth-order valence-electron chi connectivity index (χ4n) is 1.83. The van der Waals surface area contributed by atoms with Crippen LogP contribution in [0.4, 0.5) is 0 Å². The molecule has 3 N–H and O–H groups in total. The number of hydrogen-bond acceptors (Lipinski definition) is 3. The molecule has 0 heterocycles. The largest absolute Gasteiger partial charge is 0.494 e. The Hall–Kier alpha value is -1.06. The second-order valence-corrected chi connectivity index (χ2v) is 4.61. The highest BCUT2D eigenvalue weighted by Crippen LogP contribution is 2.14. The van der Waals surface area contributed by atoms with Crippen molar-refractivity contribution < 1.29 is 4.74 Å². The van der Waals surface area contributed by atoms with Gasteiger partial charge in [-0.2, -0.15) is 0 Å². The van der Waals surface area contributed by atoms with E-state index < -0.39 is 0 Å². The standard InChI is InChI=1S/C14H24N2O/c1-4-12(3)14(16-15)8-9-17-13-7-5-6-11(2)10-13/h5-7,10,12,14,16H,4,8-9,15H2,1-3H3. The van der Waals surface area contributed by atoms with Crippen LogP contribution in [-0.4, -0.2) is 12.6 Å². The van der Waals surface area contributed by atoms with Gasteiger partial charge in [-0.05, 0) is 37.0 Å². The van der Waals surface area contributed by atoms with Gasteiger partial charge in [0.05, 0.1) is 6.61 Å². The molecular formula is C14H24N2O. The van der Waals surface area contributed by atoms with E-state index in [0.29, 0.717) is 18.6 Å². The third kappa shape index (κ3) is 4.75. The van der Waals surface area contributed by atoms with Crippen LogP contribution in [0.3, 0.4) is 0 Å². The minimum absolute atomic E-state index is 0.324. The van der Waals surface area contributed by atoms with Crippen LogP contribution >= 0.6 is 0 Å². The SMILES string of the molecule is CCC(C)C(CCOc1cccc(C)c1)NN. The molecule has 0 bridgehead atoms. The van der Waals surface area contributed by atoms with E-state index in [-0.39, 0.29) is 0 Å². The van der Waals surface area contributed by atoms with Crippen LogP contribution in [0.5, 0.6) is 5.75 Å². The minimum Gasteiger partial charge on any atom is -0.494 e. The van der Waals surface area contributed by atoms with Crippen molar-refractivity contribution in [3.63, 3.8) is 0 Å². The molecule has 1 aromatic carbocycles. The smallest absolute Gasteiger partial charge is 0.119 e. The van der Waals surface area contributed by atoms with E-state index in [1.807, 2.05) is 18.2 Å². The van der Waals surface area contributed by atoms with E-state index in [1.54, 1.807) is 0 Å². The van der Waals surface area contributed by atoms with E-state index in [0.717, 1.165) is 18.6 Å². The number of hydrogen-bond donors (Lipinski definition) is 2. The van der Waals surface area contributed by atoms with Crippen LogP contribution in [0.15, 0.2) is 24.3 Å². The summed E-state index contributed by atoms with van der Waals surface area (Å²) >= 11 is 0. The number of hydrazine groups is 1. The molecule has 3 nitrogen and oxygen atoms in total. The highest BCUT2D eigenvalue weighted by atomic mass is 16.5. The van der Waals surface area contributed by atoms with Gasteiger partial charge in [0, 0.05) is 6.04 Å². The Bertz CT molecular complexity index is 328. The van der Waals surface area contributed by atoms with Gasteiger partial charge in [-0.25, -0.2) is 0 Å². The van der Waals surface area contributed by atoms with Gasteiger partial charge in [-0.3, -0.25) is 11.3 Å². The number of ether oxygens (including phenoxy) is 1. The molecule has 17 heavy (non-hydrogen) atoms. The van der Waals surface area contributed by atoms with Gasteiger partial charge < -0.3 is 4.74 Å². The molecule has 1 rings (SSSR count). The predicted octanol–water partition coefficient (Wildman–Crippen LogP) is 2.64. The van der Waals surface area contributed by atoms with Gasteiger partial charge >= 0.3 is 0 Å². The van der Waals surface area contributed by atoms with E-state index in [2.05, 4.69) is 32.3 Å². The number of nitrogens with one attached hydrogen (secondary N) is 1. The predicted molar refractivity (Wildman–Crippen MR) is 71.9 cm³/mol. The summed E-state index contributed by atoms with van der Waals surface area (Å²) in [6, 6.07) is 8.44. The van der Waals surface area contributed by atoms with Crippen LogP contribution in [-0.2, 0) is 0 Å². The van der Waals surface area contributed by atoms with Crippen molar-refractivity contribution in [3.05, 3.63) is 29.8 Å². The number of rotatable bonds is 7. The van der Waals surface area contributed by atoms with Crippen molar-refractivity contribution in [2.75, 3.05) is 6.61 Å². The number of aryl methyl sites for hydroxylation is 1. The summed E-state index contributed by atoms with van der Waals surface area (Å²) in [4.78, 5) is 0. The highest BCUT2D eigenvalue weighted by molar-refractivity contribution is 5.27. The molecule has 2 atom stereocenters. The average Bonchev–Trinajstić information content (AvgIpc) is 2.34. The Morgan fingerprint density at radius 2 is 2.18 bits per heavy atom. The lowest BCUT2D eigenvalue weighted by atomic mass is 9.97. The third-order valence-electron chi connectivity index (χ3n) is 3.23. The molecule has 0 aliphatic carbocycles. The monoisotopic (exact) mass is 236 g/mol. The Morgan fingerprint density at radius 1 is 1.41 bits per heavy atom. The molecule has 0 amide bonds. The molecule has 0 spiro atoms. The summed E-state index contributed by atoms with van der Waals surface area (Å²) in [7, 11) is 0. The zero-order chi connectivity index (χ0) is 12.7. The first kappa shape index (κ1) is 14.0. The molecule has 0 saturated carbocycles. The van der Waals surface area contributed by atoms with Crippen molar-refractivity contribution in [3.8, 4) is 5.75 Å². The molecule has 1 aromatic rings. The molecular weight excluding hydrogens is 212 g/mol. The van der Waals surface area contributed by atoms with E-state index >= 15 is 0 Å². The van der Waals surface area contributed by atoms with Crippen molar-refractivity contribution in [2.24, 2.45) is 11.8 Å². The lowest BCUT2D eigenvalue weighted by molar-refractivity contribution is 0.255. The molecule has 96 valence electrons. The minimum atomic E-state index is 0.324. The lowest BCUT2D eigenvalue weighted by Crippen LogP contribution is -2.40. The average molecular weight is 236 g/mol.